The van der Waals surface area contributed by atoms with Gasteiger partial charge in [0.15, 0.2) is 5.96 Å². The summed E-state index contributed by atoms with van der Waals surface area (Å²) in [5.41, 5.74) is 2.68. The molecule has 4 nitrogen and oxygen atoms in total. The molecule has 2 rings (SSSR count). The van der Waals surface area contributed by atoms with Gasteiger partial charge in [-0.25, -0.2) is 0 Å². The molecule has 0 amide bonds. The summed E-state index contributed by atoms with van der Waals surface area (Å²) in [6.07, 6.45) is 3.61. The summed E-state index contributed by atoms with van der Waals surface area (Å²) in [7, 11) is 4.00. The van der Waals surface area contributed by atoms with Crippen LogP contribution >= 0.6 is 24.0 Å². The van der Waals surface area contributed by atoms with E-state index in [1.54, 1.807) is 0 Å². The Bertz CT molecular complexity index is 512. The second kappa shape index (κ2) is 11.7. The number of rotatable bonds is 6. The molecule has 1 aliphatic heterocycles. The summed E-state index contributed by atoms with van der Waals surface area (Å²) < 4.78 is 5.44. The molecule has 1 N–H and O–H groups in total. The van der Waals surface area contributed by atoms with Crippen molar-refractivity contribution >= 4 is 29.9 Å². The molecule has 1 aromatic rings. The molecule has 0 aromatic heterocycles. The van der Waals surface area contributed by atoms with E-state index in [-0.39, 0.29) is 24.0 Å². The van der Waals surface area contributed by atoms with Crippen LogP contribution in [-0.4, -0.2) is 51.3 Å². The maximum atomic E-state index is 5.44. The number of nitrogens with zero attached hydrogens (tertiary/aromatic N) is 2. The molecule has 0 saturated carbocycles. The van der Waals surface area contributed by atoms with Crippen LogP contribution in [0.5, 0.6) is 0 Å². The van der Waals surface area contributed by atoms with Crippen molar-refractivity contribution in [3.63, 3.8) is 0 Å². The molecule has 0 radical (unpaired) electrons. The van der Waals surface area contributed by atoms with E-state index in [0.29, 0.717) is 5.92 Å². The minimum absolute atomic E-state index is 0. The van der Waals surface area contributed by atoms with Gasteiger partial charge in [0.05, 0.1) is 0 Å². The van der Waals surface area contributed by atoms with Gasteiger partial charge in [-0.2, -0.15) is 0 Å². The highest BCUT2D eigenvalue weighted by atomic mass is 127. The van der Waals surface area contributed by atoms with Gasteiger partial charge in [-0.05, 0) is 43.6 Å². The highest BCUT2D eigenvalue weighted by Crippen LogP contribution is 2.18. The molecule has 1 aromatic carbocycles. The van der Waals surface area contributed by atoms with Crippen molar-refractivity contribution < 1.29 is 4.74 Å². The lowest BCUT2D eigenvalue weighted by Gasteiger charge is -2.27. The largest absolute Gasteiger partial charge is 0.381 e. The predicted octanol–water partition coefficient (Wildman–Crippen LogP) is 4.04. The number of aliphatic imine (C=N–C) groups is 1. The van der Waals surface area contributed by atoms with Crippen molar-refractivity contribution in [2.24, 2.45) is 10.9 Å². The Labute approximate surface area is 170 Å². The number of guanidine groups is 1. The molecule has 1 saturated heterocycles. The van der Waals surface area contributed by atoms with Gasteiger partial charge >= 0.3 is 0 Å². The second-order valence-electron chi connectivity index (χ2n) is 7.01. The first-order valence-electron chi connectivity index (χ1n) is 9.16. The lowest BCUT2D eigenvalue weighted by Crippen LogP contribution is -2.41. The third-order valence-electron chi connectivity index (χ3n) is 5.00. The van der Waals surface area contributed by atoms with Gasteiger partial charge in [0.1, 0.15) is 0 Å². The standard InChI is InChI=1S/C20H33N3O.HI/c1-16-5-7-19(8-6-16)17(2)15-22-20(21-3)23(4)12-9-18-10-13-24-14-11-18;/h5-8,17-18H,9-15H2,1-4H3,(H,21,22);1H. The van der Waals surface area contributed by atoms with E-state index in [0.717, 1.165) is 38.2 Å². The van der Waals surface area contributed by atoms with Crippen molar-refractivity contribution in [2.45, 2.75) is 39.0 Å². The number of benzene rings is 1. The van der Waals surface area contributed by atoms with Crippen LogP contribution < -0.4 is 5.32 Å². The second-order valence-corrected chi connectivity index (χ2v) is 7.01. The van der Waals surface area contributed by atoms with E-state index in [9.17, 15) is 0 Å². The molecular weight excluding hydrogens is 425 g/mol. The van der Waals surface area contributed by atoms with Crippen molar-refractivity contribution in [2.75, 3.05) is 40.4 Å². The Morgan fingerprint density at radius 2 is 1.92 bits per heavy atom. The zero-order valence-electron chi connectivity index (χ0n) is 16.1. The van der Waals surface area contributed by atoms with Gasteiger partial charge in [0.2, 0.25) is 0 Å². The van der Waals surface area contributed by atoms with E-state index < -0.39 is 0 Å². The molecule has 1 unspecified atom stereocenters. The predicted molar refractivity (Wildman–Crippen MR) is 117 cm³/mol. The molecule has 1 heterocycles. The van der Waals surface area contributed by atoms with E-state index in [1.807, 2.05) is 7.05 Å². The topological polar surface area (TPSA) is 36.9 Å². The van der Waals surface area contributed by atoms with Crippen LogP contribution in [0.4, 0.5) is 0 Å². The first-order valence-corrected chi connectivity index (χ1v) is 9.16. The van der Waals surface area contributed by atoms with E-state index in [4.69, 9.17) is 4.74 Å². The fourth-order valence-corrected chi connectivity index (χ4v) is 3.16. The van der Waals surface area contributed by atoms with Gasteiger partial charge in [-0.3, -0.25) is 4.99 Å². The van der Waals surface area contributed by atoms with E-state index in [2.05, 4.69) is 60.4 Å². The molecule has 25 heavy (non-hydrogen) atoms. The van der Waals surface area contributed by atoms with Crippen LogP contribution in [0.2, 0.25) is 0 Å². The molecule has 1 fully saturated rings. The molecule has 1 aliphatic rings. The normalized spacial score (nSPS) is 16.9. The Morgan fingerprint density at radius 3 is 2.52 bits per heavy atom. The zero-order chi connectivity index (χ0) is 17.4. The third-order valence-corrected chi connectivity index (χ3v) is 5.00. The minimum Gasteiger partial charge on any atom is -0.381 e. The molecule has 0 bridgehead atoms. The summed E-state index contributed by atoms with van der Waals surface area (Å²) >= 11 is 0. The monoisotopic (exact) mass is 459 g/mol. The van der Waals surface area contributed by atoms with Crippen LogP contribution in [0.15, 0.2) is 29.3 Å². The number of nitrogens with one attached hydrogen (secondary N) is 1. The Balaban J connectivity index is 0.00000312. The van der Waals surface area contributed by atoms with Crippen LogP contribution in [0.25, 0.3) is 0 Å². The minimum atomic E-state index is 0. The van der Waals surface area contributed by atoms with Crippen molar-refractivity contribution in [3.8, 4) is 0 Å². The number of hydrogen-bond acceptors (Lipinski definition) is 2. The maximum absolute atomic E-state index is 5.44. The van der Waals surface area contributed by atoms with Crippen molar-refractivity contribution in [1.82, 2.24) is 10.2 Å². The third kappa shape index (κ3) is 7.52. The maximum Gasteiger partial charge on any atom is 0.193 e. The number of aryl methyl sites for hydroxylation is 1. The molecule has 142 valence electrons. The van der Waals surface area contributed by atoms with Gasteiger partial charge in [-0.15, -0.1) is 24.0 Å². The van der Waals surface area contributed by atoms with Crippen LogP contribution in [-0.2, 0) is 4.74 Å². The fourth-order valence-electron chi connectivity index (χ4n) is 3.16. The summed E-state index contributed by atoms with van der Waals surface area (Å²) in [5.74, 6) is 2.25. The van der Waals surface area contributed by atoms with Gasteiger partial charge in [0, 0.05) is 40.4 Å². The number of ether oxygens (including phenoxy) is 1. The van der Waals surface area contributed by atoms with E-state index >= 15 is 0 Å². The lowest BCUT2D eigenvalue weighted by atomic mass is 9.96. The van der Waals surface area contributed by atoms with Gasteiger partial charge in [-0.1, -0.05) is 36.8 Å². The smallest absolute Gasteiger partial charge is 0.193 e. The molecule has 1 atom stereocenters. The lowest BCUT2D eigenvalue weighted by molar-refractivity contribution is 0.0625. The Hall–Kier alpha value is -0.820. The van der Waals surface area contributed by atoms with Crippen LogP contribution in [0.1, 0.15) is 43.2 Å². The summed E-state index contributed by atoms with van der Waals surface area (Å²) in [6, 6.07) is 8.81. The number of halogens is 1. The summed E-state index contributed by atoms with van der Waals surface area (Å²) in [5, 5.41) is 3.52. The first-order chi connectivity index (χ1) is 11.6. The van der Waals surface area contributed by atoms with Crippen molar-refractivity contribution in [1.29, 1.82) is 0 Å². The van der Waals surface area contributed by atoms with Crippen LogP contribution in [0.3, 0.4) is 0 Å². The molecular formula is C20H34IN3O. The van der Waals surface area contributed by atoms with Gasteiger partial charge < -0.3 is 15.0 Å². The highest BCUT2D eigenvalue weighted by Gasteiger charge is 2.15. The van der Waals surface area contributed by atoms with Gasteiger partial charge in [0.25, 0.3) is 0 Å². The molecule has 0 aliphatic carbocycles. The average Bonchev–Trinajstić information content (AvgIpc) is 2.61. The van der Waals surface area contributed by atoms with E-state index in [1.165, 1.54) is 30.4 Å². The summed E-state index contributed by atoms with van der Waals surface area (Å²) in [4.78, 5) is 6.69. The SMILES string of the molecule is CN=C(NCC(C)c1ccc(C)cc1)N(C)CCC1CCOCC1.I. The fraction of sp³-hybridized carbons (Fsp3) is 0.650. The first kappa shape index (κ1) is 22.2. The number of hydrogen-bond donors (Lipinski definition) is 1. The van der Waals surface area contributed by atoms with Crippen molar-refractivity contribution in [3.05, 3.63) is 35.4 Å². The average molecular weight is 459 g/mol. The highest BCUT2D eigenvalue weighted by molar-refractivity contribution is 14.0. The quantitative estimate of drug-likeness (QED) is 0.397. The zero-order valence-corrected chi connectivity index (χ0v) is 18.5. The van der Waals surface area contributed by atoms with Crippen LogP contribution in [0, 0.1) is 12.8 Å². The Kier molecular flexibility index (Phi) is 10.4. The molecule has 5 heteroatoms. The molecule has 0 spiro atoms. The summed E-state index contributed by atoms with van der Waals surface area (Å²) in [6.45, 7) is 8.18. The Morgan fingerprint density at radius 1 is 1.28 bits per heavy atom.